The summed E-state index contributed by atoms with van der Waals surface area (Å²) in [6.07, 6.45) is 0. The van der Waals surface area contributed by atoms with Crippen LogP contribution in [0.25, 0.3) is 5.76 Å². The molecule has 0 aromatic heterocycles. The maximum absolute atomic E-state index is 12.5. The van der Waals surface area contributed by atoms with Gasteiger partial charge in [0.2, 0.25) is 0 Å². The van der Waals surface area contributed by atoms with E-state index >= 15 is 0 Å². The summed E-state index contributed by atoms with van der Waals surface area (Å²) < 4.78 is 4.69. The summed E-state index contributed by atoms with van der Waals surface area (Å²) >= 11 is 0. The lowest BCUT2D eigenvalue weighted by molar-refractivity contribution is 0.0601. The van der Waals surface area contributed by atoms with Crippen LogP contribution in [0.3, 0.4) is 0 Å². The maximum Gasteiger partial charge on any atom is 0.340 e. The number of methoxy groups -OCH3 is 1. The lowest BCUT2D eigenvalue weighted by Gasteiger charge is -2.04. The van der Waals surface area contributed by atoms with E-state index in [1.165, 1.54) is 19.2 Å². The Hall–Kier alpha value is -3.72. The number of aliphatic hydroxyl groups is 1. The van der Waals surface area contributed by atoms with E-state index in [1.54, 1.807) is 36.4 Å². The van der Waals surface area contributed by atoms with E-state index in [9.17, 15) is 20.0 Å². The molecule has 1 aliphatic rings. The Morgan fingerprint density at radius 3 is 2.40 bits per heavy atom. The monoisotopic (exact) mass is 332 g/mol. The van der Waals surface area contributed by atoms with Crippen LogP contribution in [0, 0.1) is 11.3 Å². The van der Waals surface area contributed by atoms with Crippen LogP contribution in [0.15, 0.2) is 59.1 Å². The summed E-state index contributed by atoms with van der Waals surface area (Å²) in [6, 6.07) is 14.6. The van der Waals surface area contributed by atoms with Crippen molar-refractivity contribution >= 4 is 28.9 Å². The second-order valence-corrected chi connectivity index (χ2v) is 5.18. The third-order valence-corrected chi connectivity index (χ3v) is 3.77. The van der Waals surface area contributed by atoms with Gasteiger partial charge in [0.05, 0.1) is 18.4 Å². The Bertz CT molecular complexity index is 996. The molecule has 6 nitrogen and oxygen atoms in total. The zero-order valence-electron chi connectivity index (χ0n) is 13.2. The molecule has 1 aliphatic carbocycles. The number of nitrogens with zero attached hydrogens (tertiary/aromatic N) is 2. The molecule has 0 aliphatic heterocycles. The van der Waals surface area contributed by atoms with E-state index in [0.29, 0.717) is 11.1 Å². The van der Waals surface area contributed by atoms with Crippen LogP contribution in [0.2, 0.25) is 0 Å². The van der Waals surface area contributed by atoms with Gasteiger partial charge in [-0.3, -0.25) is 4.79 Å². The minimum Gasteiger partial charge on any atom is -0.506 e. The number of nitriles is 1. The molecule has 1 N–H and O–H groups in total. The molecule has 0 radical (unpaired) electrons. The Kier molecular flexibility index (Phi) is 4.14. The minimum absolute atomic E-state index is 0.154. The Morgan fingerprint density at radius 1 is 1.12 bits per heavy atom. The van der Waals surface area contributed by atoms with Gasteiger partial charge in [0, 0.05) is 11.1 Å². The van der Waals surface area contributed by atoms with E-state index in [-0.39, 0.29) is 28.3 Å². The van der Waals surface area contributed by atoms with Gasteiger partial charge in [-0.1, -0.05) is 36.4 Å². The first-order valence-corrected chi connectivity index (χ1v) is 7.32. The predicted octanol–water partition coefficient (Wildman–Crippen LogP) is 3.23. The predicted molar refractivity (Wildman–Crippen MR) is 90.8 cm³/mol. The first kappa shape index (κ1) is 16.1. The highest BCUT2D eigenvalue weighted by atomic mass is 16.5. The molecule has 0 spiro atoms. The second-order valence-electron chi connectivity index (χ2n) is 5.18. The molecule has 2 aromatic rings. The number of allylic oxidation sites excluding steroid dienone is 1. The molecule has 0 atom stereocenters. The smallest absolute Gasteiger partial charge is 0.340 e. The number of para-hydroxylation sites is 1. The number of Topliss-reactive ketones (excluding diaryl/α,β-unsaturated/α-hetero) is 1. The summed E-state index contributed by atoms with van der Waals surface area (Å²) in [6.45, 7) is 0. The van der Waals surface area contributed by atoms with Crippen molar-refractivity contribution in [3.05, 3.63) is 70.8 Å². The number of hydrogen-bond donors (Lipinski definition) is 1. The van der Waals surface area contributed by atoms with Gasteiger partial charge in [-0.2, -0.15) is 5.26 Å². The Labute approximate surface area is 143 Å². The van der Waals surface area contributed by atoms with Crippen LogP contribution >= 0.6 is 0 Å². The lowest BCUT2D eigenvalue weighted by atomic mass is 10.1. The molecule has 3 rings (SSSR count). The maximum atomic E-state index is 12.5. The number of fused-ring (bicyclic) bond motifs is 1. The molecule has 0 fully saturated rings. The van der Waals surface area contributed by atoms with Crippen LogP contribution in [0.4, 0.5) is 5.69 Å². The molecule has 0 unspecified atom stereocenters. The van der Waals surface area contributed by atoms with E-state index in [1.807, 2.05) is 6.07 Å². The fraction of sp³-hybridized carbons (Fsp3) is 0.0526. The average molecular weight is 332 g/mol. The van der Waals surface area contributed by atoms with Gasteiger partial charge in [-0.15, -0.1) is 0 Å². The van der Waals surface area contributed by atoms with Crippen molar-refractivity contribution in [2.45, 2.75) is 0 Å². The highest BCUT2D eigenvalue weighted by Gasteiger charge is 2.33. The first-order valence-electron chi connectivity index (χ1n) is 7.32. The number of esters is 1. The van der Waals surface area contributed by atoms with Gasteiger partial charge >= 0.3 is 5.97 Å². The molecular weight excluding hydrogens is 320 g/mol. The molecule has 122 valence electrons. The van der Waals surface area contributed by atoms with E-state index < -0.39 is 11.8 Å². The molecule has 2 aromatic carbocycles. The molecule has 25 heavy (non-hydrogen) atoms. The van der Waals surface area contributed by atoms with Crippen LogP contribution in [-0.2, 0) is 4.74 Å². The standard InChI is InChI=1S/C19H12N2O4/c1-25-19(24)13-8-4-5-9-14(13)21-15(10-20)16-17(22)11-6-2-3-7-12(11)18(16)23/h2-9,22H,1H3. The highest BCUT2D eigenvalue weighted by Crippen LogP contribution is 2.32. The fourth-order valence-corrected chi connectivity index (χ4v) is 2.60. The molecular formula is C19H12N2O4. The molecule has 0 bridgehead atoms. The topological polar surface area (TPSA) is 99.8 Å². The molecule has 0 saturated carbocycles. The summed E-state index contributed by atoms with van der Waals surface area (Å²) in [5.74, 6) is -1.39. The number of aliphatic hydroxyl groups excluding tert-OH is 1. The zero-order chi connectivity index (χ0) is 18.0. The van der Waals surface area contributed by atoms with Gasteiger partial charge in [0.15, 0.2) is 11.5 Å². The van der Waals surface area contributed by atoms with Gasteiger partial charge in [0.1, 0.15) is 17.4 Å². The largest absolute Gasteiger partial charge is 0.506 e. The number of rotatable bonds is 3. The molecule has 0 amide bonds. The van der Waals surface area contributed by atoms with Crippen molar-refractivity contribution in [2.75, 3.05) is 7.11 Å². The van der Waals surface area contributed by atoms with Crippen molar-refractivity contribution in [1.82, 2.24) is 0 Å². The van der Waals surface area contributed by atoms with Crippen LogP contribution in [-0.4, -0.2) is 29.7 Å². The molecule has 0 saturated heterocycles. The van der Waals surface area contributed by atoms with Gasteiger partial charge in [-0.05, 0) is 12.1 Å². The normalized spacial score (nSPS) is 13.4. The molecule has 6 heteroatoms. The summed E-state index contributed by atoms with van der Waals surface area (Å²) in [4.78, 5) is 28.5. The summed E-state index contributed by atoms with van der Waals surface area (Å²) in [5.41, 5.74) is 0.542. The zero-order valence-corrected chi connectivity index (χ0v) is 13.2. The first-order chi connectivity index (χ1) is 12.1. The van der Waals surface area contributed by atoms with Gasteiger partial charge in [0.25, 0.3) is 0 Å². The minimum atomic E-state index is -0.615. The lowest BCUT2D eigenvalue weighted by Crippen LogP contribution is -2.09. The molecule has 0 heterocycles. The number of aliphatic imine (C=N–C) groups is 1. The third-order valence-electron chi connectivity index (χ3n) is 3.77. The average Bonchev–Trinajstić information content (AvgIpc) is 2.91. The highest BCUT2D eigenvalue weighted by molar-refractivity contribution is 6.39. The van der Waals surface area contributed by atoms with Crippen molar-refractivity contribution in [3.63, 3.8) is 0 Å². The van der Waals surface area contributed by atoms with E-state index in [0.717, 1.165) is 0 Å². The number of ketones is 1. The van der Waals surface area contributed by atoms with Crippen LogP contribution < -0.4 is 0 Å². The number of carbonyl (C=O) groups is 2. The Morgan fingerprint density at radius 2 is 1.76 bits per heavy atom. The van der Waals surface area contributed by atoms with E-state index in [4.69, 9.17) is 4.74 Å². The number of hydrogen-bond acceptors (Lipinski definition) is 6. The van der Waals surface area contributed by atoms with E-state index in [2.05, 4.69) is 4.99 Å². The number of carbonyl (C=O) groups excluding carboxylic acids is 2. The van der Waals surface area contributed by atoms with Crippen molar-refractivity contribution in [1.29, 1.82) is 5.26 Å². The quantitative estimate of drug-likeness (QED) is 0.687. The number of ether oxygens (including phenoxy) is 1. The van der Waals surface area contributed by atoms with Crippen molar-refractivity contribution in [3.8, 4) is 6.07 Å². The number of benzene rings is 2. The Balaban J connectivity index is 2.14. The second kappa shape index (κ2) is 6.42. The van der Waals surface area contributed by atoms with Crippen LogP contribution in [0.1, 0.15) is 26.3 Å². The van der Waals surface area contributed by atoms with Gasteiger partial charge < -0.3 is 9.84 Å². The third kappa shape index (κ3) is 2.68. The van der Waals surface area contributed by atoms with Crippen LogP contribution in [0.5, 0.6) is 0 Å². The fourth-order valence-electron chi connectivity index (χ4n) is 2.60. The summed E-state index contributed by atoms with van der Waals surface area (Å²) in [5, 5.41) is 19.8. The SMILES string of the molecule is COC(=O)c1ccccc1N=C(C#N)C1=C(O)c2ccccc2C1=O. The van der Waals surface area contributed by atoms with Gasteiger partial charge in [-0.25, -0.2) is 9.79 Å². The summed E-state index contributed by atoms with van der Waals surface area (Å²) in [7, 11) is 1.24. The van der Waals surface area contributed by atoms with Crippen molar-refractivity contribution in [2.24, 2.45) is 4.99 Å². The van der Waals surface area contributed by atoms with Crippen molar-refractivity contribution < 1.29 is 19.4 Å².